The molecule has 0 aliphatic heterocycles. The summed E-state index contributed by atoms with van der Waals surface area (Å²) in [6.45, 7) is 8.39. The van der Waals surface area contributed by atoms with E-state index in [2.05, 4.69) is 34.0 Å². The third-order valence-electron chi connectivity index (χ3n) is 3.11. The van der Waals surface area contributed by atoms with Crippen molar-refractivity contribution < 1.29 is 0 Å². The molecule has 0 atom stereocenters. The number of anilines is 1. The molecule has 0 radical (unpaired) electrons. The molecule has 1 aliphatic carbocycles. The van der Waals surface area contributed by atoms with E-state index >= 15 is 0 Å². The zero-order chi connectivity index (χ0) is 12.1. The number of hydrogen-bond acceptors (Lipinski definition) is 4. The lowest BCUT2D eigenvalue weighted by molar-refractivity contribution is 0.265. The van der Waals surface area contributed by atoms with E-state index in [-0.39, 0.29) is 0 Å². The smallest absolute Gasteiger partial charge is 0.144 e. The second kappa shape index (κ2) is 5.96. The van der Waals surface area contributed by atoms with Crippen molar-refractivity contribution in [3.8, 4) is 0 Å². The maximum atomic E-state index is 4.45. The van der Waals surface area contributed by atoms with Gasteiger partial charge in [0.1, 0.15) is 5.82 Å². The number of aromatic nitrogens is 2. The Balaban J connectivity index is 1.87. The standard InChI is InChI=1S/C13H22N4/c1-3-14-13-8-15-12(7-16-13)10-17(4-2)9-11-5-6-11/h7-8,11H,3-6,9-10H2,1-2H3,(H,14,16). The van der Waals surface area contributed by atoms with Crippen LogP contribution < -0.4 is 5.32 Å². The third kappa shape index (κ3) is 3.97. The normalized spacial score (nSPS) is 15.2. The van der Waals surface area contributed by atoms with Crippen LogP contribution in [0.15, 0.2) is 12.4 Å². The fraction of sp³-hybridized carbons (Fsp3) is 0.692. The van der Waals surface area contributed by atoms with Gasteiger partial charge in [0.05, 0.1) is 18.1 Å². The zero-order valence-corrected chi connectivity index (χ0v) is 10.8. The topological polar surface area (TPSA) is 41.1 Å². The van der Waals surface area contributed by atoms with Gasteiger partial charge in [-0.3, -0.25) is 9.88 Å². The van der Waals surface area contributed by atoms with E-state index in [1.165, 1.54) is 19.4 Å². The van der Waals surface area contributed by atoms with Gasteiger partial charge in [0.25, 0.3) is 0 Å². The molecule has 4 nitrogen and oxygen atoms in total. The Hall–Kier alpha value is -1.16. The highest BCUT2D eigenvalue weighted by atomic mass is 15.1. The van der Waals surface area contributed by atoms with Gasteiger partial charge in [0.15, 0.2) is 0 Å². The largest absolute Gasteiger partial charge is 0.369 e. The van der Waals surface area contributed by atoms with Crippen molar-refractivity contribution in [2.75, 3.05) is 25.0 Å². The molecule has 1 fully saturated rings. The second-order valence-corrected chi connectivity index (χ2v) is 4.69. The van der Waals surface area contributed by atoms with E-state index < -0.39 is 0 Å². The lowest BCUT2D eigenvalue weighted by Gasteiger charge is -2.19. The Morgan fingerprint density at radius 1 is 1.29 bits per heavy atom. The van der Waals surface area contributed by atoms with E-state index in [9.17, 15) is 0 Å². The molecule has 0 spiro atoms. The van der Waals surface area contributed by atoms with Crippen molar-refractivity contribution in [2.45, 2.75) is 33.2 Å². The maximum absolute atomic E-state index is 4.45. The lowest BCUT2D eigenvalue weighted by atomic mass is 10.3. The number of hydrogen-bond donors (Lipinski definition) is 1. The summed E-state index contributed by atoms with van der Waals surface area (Å²) in [5.74, 6) is 1.80. The molecule has 1 heterocycles. The van der Waals surface area contributed by atoms with Gasteiger partial charge in [-0.25, -0.2) is 4.98 Å². The first-order valence-electron chi connectivity index (χ1n) is 6.59. The number of nitrogens with zero attached hydrogens (tertiary/aromatic N) is 3. The molecule has 1 aliphatic rings. The first-order valence-corrected chi connectivity index (χ1v) is 6.59. The molecule has 94 valence electrons. The lowest BCUT2D eigenvalue weighted by Crippen LogP contribution is -2.25. The second-order valence-electron chi connectivity index (χ2n) is 4.69. The van der Waals surface area contributed by atoms with Crippen LogP contribution in [0.4, 0.5) is 5.82 Å². The molecule has 0 saturated heterocycles. The molecule has 1 aromatic heterocycles. The van der Waals surface area contributed by atoms with Gasteiger partial charge in [-0.1, -0.05) is 6.92 Å². The van der Waals surface area contributed by atoms with Crippen LogP contribution in [0.2, 0.25) is 0 Å². The van der Waals surface area contributed by atoms with Crippen LogP contribution in [-0.4, -0.2) is 34.5 Å². The summed E-state index contributed by atoms with van der Waals surface area (Å²) in [5.41, 5.74) is 1.06. The molecular weight excluding hydrogens is 212 g/mol. The maximum Gasteiger partial charge on any atom is 0.144 e. The highest BCUT2D eigenvalue weighted by Gasteiger charge is 2.23. The average molecular weight is 234 g/mol. The minimum absolute atomic E-state index is 0.862. The van der Waals surface area contributed by atoms with Crippen LogP contribution in [0.5, 0.6) is 0 Å². The molecule has 1 aromatic rings. The van der Waals surface area contributed by atoms with Gasteiger partial charge >= 0.3 is 0 Å². The fourth-order valence-corrected chi connectivity index (χ4v) is 1.91. The SMILES string of the molecule is CCNc1cnc(CN(CC)CC2CC2)cn1. The molecule has 0 unspecified atom stereocenters. The number of nitrogens with one attached hydrogen (secondary N) is 1. The van der Waals surface area contributed by atoms with Crippen LogP contribution in [0.3, 0.4) is 0 Å². The summed E-state index contributed by atoms with van der Waals surface area (Å²) in [5, 5.41) is 3.16. The van der Waals surface area contributed by atoms with Crippen LogP contribution >= 0.6 is 0 Å². The fourth-order valence-electron chi connectivity index (χ4n) is 1.91. The summed E-state index contributed by atoms with van der Waals surface area (Å²) < 4.78 is 0. The van der Waals surface area contributed by atoms with Gasteiger partial charge in [-0.15, -0.1) is 0 Å². The summed E-state index contributed by atoms with van der Waals surface area (Å²) in [7, 11) is 0. The van der Waals surface area contributed by atoms with Crippen LogP contribution in [-0.2, 0) is 6.54 Å². The van der Waals surface area contributed by atoms with E-state index in [4.69, 9.17) is 0 Å². The summed E-state index contributed by atoms with van der Waals surface area (Å²) in [4.78, 5) is 11.2. The predicted molar refractivity (Wildman–Crippen MR) is 69.9 cm³/mol. The molecule has 0 aromatic carbocycles. The molecule has 17 heavy (non-hydrogen) atoms. The summed E-state index contributed by atoms with van der Waals surface area (Å²) in [6.07, 6.45) is 6.51. The quantitative estimate of drug-likeness (QED) is 0.785. The monoisotopic (exact) mass is 234 g/mol. The minimum atomic E-state index is 0.862. The molecule has 0 bridgehead atoms. The van der Waals surface area contributed by atoms with Crippen molar-refractivity contribution in [3.63, 3.8) is 0 Å². The highest BCUT2D eigenvalue weighted by molar-refractivity contribution is 5.30. The Bertz CT molecular complexity index is 332. The van der Waals surface area contributed by atoms with Crippen molar-refractivity contribution in [2.24, 2.45) is 5.92 Å². The van der Waals surface area contributed by atoms with Crippen molar-refractivity contribution in [3.05, 3.63) is 18.1 Å². The van der Waals surface area contributed by atoms with Gasteiger partial charge in [0, 0.05) is 19.6 Å². The molecule has 1 saturated carbocycles. The van der Waals surface area contributed by atoms with Crippen LogP contribution in [0.1, 0.15) is 32.4 Å². The van der Waals surface area contributed by atoms with Gasteiger partial charge in [0.2, 0.25) is 0 Å². The Morgan fingerprint density at radius 3 is 2.65 bits per heavy atom. The van der Waals surface area contributed by atoms with Gasteiger partial charge in [-0.05, 0) is 32.2 Å². The molecule has 0 amide bonds. The minimum Gasteiger partial charge on any atom is -0.369 e. The van der Waals surface area contributed by atoms with Gasteiger partial charge in [-0.2, -0.15) is 0 Å². The zero-order valence-electron chi connectivity index (χ0n) is 10.8. The van der Waals surface area contributed by atoms with Crippen molar-refractivity contribution in [1.29, 1.82) is 0 Å². The highest BCUT2D eigenvalue weighted by Crippen LogP contribution is 2.29. The summed E-state index contributed by atoms with van der Waals surface area (Å²) in [6, 6.07) is 0. The first-order chi connectivity index (χ1) is 8.31. The van der Waals surface area contributed by atoms with E-state index in [1.54, 1.807) is 0 Å². The Labute approximate surface area is 103 Å². The average Bonchev–Trinajstić information content (AvgIpc) is 3.15. The third-order valence-corrected chi connectivity index (χ3v) is 3.11. The Morgan fingerprint density at radius 2 is 2.12 bits per heavy atom. The predicted octanol–water partition coefficient (Wildman–Crippen LogP) is 2.14. The molecule has 2 rings (SSSR count). The Kier molecular flexibility index (Phi) is 4.31. The number of rotatable bonds is 7. The van der Waals surface area contributed by atoms with E-state index in [1.807, 2.05) is 12.4 Å². The molecule has 4 heteroatoms. The van der Waals surface area contributed by atoms with Gasteiger partial charge < -0.3 is 5.32 Å². The van der Waals surface area contributed by atoms with E-state index in [0.717, 1.165) is 37.1 Å². The van der Waals surface area contributed by atoms with Crippen LogP contribution in [0.25, 0.3) is 0 Å². The molecule has 1 N–H and O–H groups in total. The van der Waals surface area contributed by atoms with Crippen LogP contribution in [0, 0.1) is 5.92 Å². The van der Waals surface area contributed by atoms with Crippen molar-refractivity contribution in [1.82, 2.24) is 14.9 Å². The molecular formula is C13H22N4. The summed E-state index contributed by atoms with van der Waals surface area (Å²) >= 11 is 0. The van der Waals surface area contributed by atoms with Crippen molar-refractivity contribution >= 4 is 5.82 Å². The first kappa shape index (κ1) is 12.3. The van der Waals surface area contributed by atoms with E-state index in [0.29, 0.717) is 0 Å².